The number of benzene rings is 2. The lowest BCUT2D eigenvalue weighted by Crippen LogP contribution is -2.26. The minimum atomic E-state index is -0.106. The molecule has 28 heavy (non-hydrogen) atoms. The Morgan fingerprint density at radius 1 is 1.11 bits per heavy atom. The number of rotatable bonds is 4. The third-order valence-corrected chi connectivity index (χ3v) is 6.66. The Kier molecular flexibility index (Phi) is 5.28. The first-order valence-electron chi connectivity index (χ1n) is 9.89. The number of allylic oxidation sites excluding steroid dienone is 1. The van der Waals surface area contributed by atoms with E-state index < -0.39 is 0 Å². The fourth-order valence-electron chi connectivity index (χ4n) is 4.72. The van der Waals surface area contributed by atoms with Crippen LogP contribution in [0.4, 0.5) is 0 Å². The number of hydrogen-bond donors (Lipinski definition) is 1. The van der Waals surface area contributed by atoms with Gasteiger partial charge in [-0.15, -0.1) is 0 Å². The summed E-state index contributed by atoms with van der Waals surface area (Å²) < 4.78 is 0.236. The predicted molar refractivity (Wildman–Crippen MR) is 116 cm³/mol. The predicted octanol–water partition coefficient (Wildman–Crippen LogP) is 6.05. The molecule has 0 radical (unpaired) electrons. The Morgan fingerprint density at radius 3 is 2.64 bits per heavy atom. The first-order valence-corrected chi connectivity index (χ1v) is 10.6. The Labute approximate surface area is 176 Å². The first kappa shape index (κ1) is 19.5. The molecular weight excluding hydrogens is 389 g/mol. The average molecular weight is 414 g/mol. The highest BCUT2D eigenvalue weighted by atomic mass is 35.5. The van der Waals surface area contributed by atoms with E-state index in [4.69, 9.17) is 23.2 Å². The van der Waals surface area contributed by atoms with E-state index in [0.29, 0.717) is 6.54 Å². The molecular formula is C24H25Cl2NO. The number of aryl methyl sites for hydroxylation is 1. The van der Waals surface area contributed by atoms with Crippen LogP contribution in [0.2, 0.25) is 0 Å². The third kappa shape index (κ3) is 3.60. The van der Waals surface area contributed by atoms with Crippen molar-refractivity contribution < 1.29 is 4.79 Å². The summed E-state index contributed by atoms with van der Waals surface area (Å²) in [6.07, 6.45) is 5.06. The van der Waals surface area contributed by atoms with Crippen LogP contribution in [0, 0.1) is 17.3 Å². The molecule has 0 aromatic heterocycles. The largest absolute Gasteiger partial charge is 0.352 e. The fraction of sp³-hybridized carbons (Fsp3) is 0.375. The average Bonchev–Trinajstić information content (AvgIpc) is 3.26. The number of nitrogens with one attached hydrogen (secondary N) is 1. The molecule has 2 aromatic carbocycles. The minimum Gasteiger partial charge on any atom is -0.352 e. The van der Waals surface area contributed by atoms with Crippen LogP contribution >= 0.6 is 23.2 Å². The smallest absolute Gasteiger partial charge is 0.224 e. The molecule has 2 nitrogen and oxygen atoms in total. The van der Waals surface area contributed by atoms with Gasteiger partial charge in [-0.1, -0.05) is 79.5 Å². The summed E-state index contributed by atoms with van der Waals surface area (Å²) in [5.41, 5.74) is 6.52. The highest BCUT2D eigenvalue weighted by molar-refractivity contribution is 6.55. The summed E-state index contributed by atoms with van der Waals surface area (Å²) in [6, 6.07) is 15.1. The SMILES string of the molecule is CC1(C)[C@H](C(=O)NCc2cccc3c2CCCc2ccccc2-3)[C@@H]1C=C(Cl)Cl. The summed E-state index contributed by atoms with van der Waals surface area (Å²) in [6.45, 7) is 4.73. The molecule has 1 N–H and O–H groups in total. The van der Waals surface area contributed by atoms with Crippen molar-refractivity contribution in [3.8, 4) is 11.1 Å². The maximum absolute atomic E-state index is 12.8. The molecule has 0 aliphatic heterocycles. The van der Waals surface area contributed by atoms with Crippen LogP contribution < -0.4 is 5.32 Å². The van der Waals surface area contributed by atoms with E-state index in [-0.39, 0.29) is 27.6 Å². The number of halogens is 2. The lowest BCUT2D eigenvalue weighted by atomic mass is 9.93. The van der Waals surface area contributed by atoms with Gasteiger partial charge in [0.05, 0.1) is 5.92 Å². The van der Waals surface area contributed by atoms with Gasteiger partial charge in [0, 0.05) is 6.54 Å². The van der Waals surface area contributed by atoms with Gasteiger partial charge in [0.2, 0.25) is 5.91 Å². The zero-order chi connectivity index (χ0) is 19.9. The van der Waals surface area contributed by atoms with Gasteiger partial charge in [0.15, 0.2) is 0 Å². The molecule has 0 bridgehead atoms. The van der Waals surface area contributed by atoms with Gasteiger partial charge in [0.25, 0.3) is 0 Å². The quantitative estimate of drug-likeness (QED) is 0.648. The highest BCUT2D eigenvalue weighted by Gasteiger charge is 2.60. The zero-order valence-corrected chi connectivity index (χ0v) is 17.8. The topological polar surface area (TPSA) is 29.1 Å². The van der Waals surface area contributed by atoms with Crippen molar-refractivity contribution in [2.75, 3.05) is 0 Å². The van der Waals surface area contributed by atoms with E-state index in [2.05, 4.69) is 61.6 Å². The second kappa shape index (κ2) is 7.57. The van der Waals surface area contributed by atoms with E-state index in [1.807, 2.05) is 0 Å². The molecule has 2 atom stereocenters. The molecule has 4 heteroatoms. The summed E-state index contributed by atoms with van der Waals surface area (Å²) in [7, 11) is 0. The van der Waals surface area contributed by atoms with Crippen molar-refractivity contribution in [3.63, 3.8) is 0 Å². The van der Waals surface area contributed by atoms with E-state index >= 15 is 0 Å². The maximum atomic E-state index is 12.8. The molecule has 1 saturated carbocycles. The molecule has 0 saturated heterocycles. The number of amides is 1. The maximum Gasteiger partial charge on any atom is 0.224 e. The second-order valence-electron chi connectivity index (χ2n) is 8.45. The molecule has 0 unspecified atom stereocenters. The van der Waals surface area contributed by atoms with Gasteiger partial charge in [-0.2, -0.15) is 0 Å². The normalized spacial score (nSPS) is 21.7. The van der Waals surface area contributed by atoms with E-state index in [1.54, 1.807) is 6.08 Å². The van der Waals surface area contributed by atoms with Gasteiger partial charge in [-0.05, 0) is 64.5 Å². The standard InChI is InChI=1S/C24H25Cl2NO/c1-24(2)20(13-21(25)26)22(24)23(28)27-14-16-9-6-12-19-17-10-4-3-7-15(17)8-5-11-18(16)19/h3-4,6-7,9-10,12-13,20,22H,5,8,11,14H2,1-2H3,(H,27,28)/t20-,22-/m0/s1. The Morgan fingerprint density at radius 2 is 1.86 bits per heavy atom. The monoisotopic (exact) mass is 413 g/mol. The summed E-state index contributed by atoms with van der Waals surface area (Å²) in [5.74, 6) is 0.0905. The van der Waals surface area contributed by atoms with Crippen LogP contribution in [0.3, 0.4) is 0 Å². The van der Waals surface area contributed by atoms with Gasteiger partial charge in [0.1, 0.15) is 4.49 Å². The van der Waals surface area contributed by atoms with Crippen molar-refractivity contribution in [1.29, 1.82) is 0 Å². The van der Waals surface area contributed by atoms with Crippen LogP contribution in [0.1, 0.15) is 37.0 Å². The molecule has 4 rings (SSSR count). The van der Waals surface area contributed by atoms with Crippen molar-refractivity contribution in [3.05, 3.63) is 69.7 Å². The van der Waals surface area contributed by atoms with Crippen LogP contribution in [0.5, 0.6) is 0 Å². The molecule has 1 fully saturated rings. The number of fused-ring (bicyclic) bond motifs is 3. The molecule has 0 spiro atoms. The molecule has 146 valence electrons. The lowest BCUT2D eigenvalue weighted by Gasteiger charge is -2.15. The minimum absolute atomic E-state index is 0.0764. The molecule has 1 amide bonds. The summed E-state index contributed by atoms with van der Waals surface area (Å²) >= 11 is 11.6. The van der Waals surface area contributed by atoms with E-state index in [1.165, 1.54) is 27.8 Å². The van der Waals surface area contributed by atoms with Gasteiger partial charge < -0.3 is 5.32 Å². The number of carbonyl (C=O) groups is 1. The van der Waals surface area contributed by atoms with Crippen molar-refractivity contribution in [2.24, 2.45) is 17.3 Å². The van der Waals surface area contributed by atoms with Crippen molar-refractivity contribution >= 4 is 29.1 Å². The van der Waals surface area contributed by atoms with Gasteiger partial charge in [-0.3, -0.25) is 4.79 Å². The molecule has 2 aromatic rings. The fourth-order valence-corrected chi connectivity index (χ4v) is 4.99. The third-order valence-electron chi connectivity index (χ3n) is 6.41. The van der Waals surface area contributed by atoms with Crippen LogP contribution in [-0.2, 0) is 24.2 Å². The van der Waals surface area contributed by atoms with E-state index in [9.17, 15) is 4.79 Å². The zero-order valence-electron chi connectivity index (χ0n) is 16.3. The number of hydrogen-bond acceptors (Lipinski definition) is 1. The molecule has 0 heterocycles. The Balaban J connectivity index is 1.53. The Hall–Kier alpha value is -1.77. The Bertz CT molecular complexity index is 943. The molecule has 2 aliphatic carbocycles. The van der Waals surface area contributed by atoms with E-state index in [0.717, 1.165) is 19.3 Å². The van der Waals surface area contributed by atoms with Crippen molar-refractivity contribution in [1.82, 2.24) is 5.32 Å². The first-order chi connectivity index (χ1) is 13.4. The second-order valence-corrected chi connectivity index (χ2v) is 9.46. The van der Waals surface area contributed by atoms with Crippen LogP contribution in [-0.4, -0.2) is 5.91 Å². The molecule has 2 aliphatic rings. The van der Waals surface area contributed by atoms with Crippen molar-refractivity contribution in [2.45, 2.75) is 39.7 Å². The summed E-state index contributed by atoms with van der Waals surface area (Å²) in [4.78, 5) is 12.8. The van der Waals surface area contributed by atoms with Gasteiger partial charge >= 0.3 is 0 Å². The highest BCUT2D eigenvalue weighted by Crippen LogP contribution is 2.59. The van der Waals surface area contributed by atoms with Crippen LogP contribution in [0.25, 0.3) is 11.1 Å². The lowest BCUT2D eigenvalue weighted by molar-refractivity contribution is -0.123. The number of carbonyl (C=O) groups excluding carboxylic acids is 1. The van der Waals surface area contributed by atoms with Gasteiger partial charge in [-0.25, -0.2) is 0 Å². The van der Waals surface area contributed by atoms with Crippen LogP contribution in [0.15, 0.2) is 53.0 Å². The summed E-state index contributed by atoms with van der Waals surface area (Å²) in [5, 5.41) is 3.16.